The van der Waals surface area contributed by atoms with E-state index < -0.39 is 12.2 Å². The fraction of sp³-hybridized carbons (Fsp3) is 0.900. The topological polar surface area (TPSA) is 57.5 Å². The van der Waals surface area contributed by atoms with E-state index >= 15 is 0 Å². The van der Waals surface area contributed by atoms with Gasteiger partial charge in [0.05, 0.1) is 6.10 Å². The molecule has 0 aliphatic rings. The van der Waals surface area contributed by atoms with Crippen molar-refractivity contribution in [2.45, 2.75) is 46.3 Å². The summed E-state index contributed by atoms with van der Waals surface area (Å²) < 4.78 is 0. The summed E-state index contributed by atoms with van der Waals surface area (Å²) in [5.41, 5.74) is 0. The van der Waals surface area contributed by atoms with Crippen molar-refractivity contribution in [1.82, 2.24) is 0 Å². The molecule has 0 saturated carbocycles. The minimum Gasteiger partial charge on any atom is -0.390 e. The minimum atomic E-state index is -1.23. The molecule has 3 heteroatoms. The third kappa shape index (κ3) is 3.44. The second-order valence-corrected chi connectivity index (χ2v) is 3.79. The molecule has 4 atom stereocenters. The van der Waals surface area contributed by atoms with Crippen LogP contribution in [0.25, 0.3) is 0 Å². The highest BCUT2D eigenvalue weighted by molar-refractivity contribution is 5.80. The number of Topliss-reactive ketones (excluding diaryl/α,β-unsaturated/α-hetero) is 1. The van der Waals surface area contributed by atoms with Gasteiger partial charge >= 0.3 is 0 Å². The summed E-state index contributed by atoms with van der Waals surface area (Å²) in [6.45, 7) is 7.16. The average Bonchev–Trinajstić information content (AvgIpc) is 2.12. The molecule has 0 aromatic rings. The number of carbonyl (C=O) groups excluding carboxylic acids is 1. The zero-order valence-electron chi connectivity index (χ0n) is 8.82. The van der Waals surface area contributed by atoms with E-state index in [0.717, 1.165) is 6.42 Å². The molecule has 0 spiro atoms. The first-order valence-electron chi connectivity index (χ1n) is 4.78. The molecule has 0 heterocycles. The van der Waals surface area contributed by atoms with Crippen LogP contribution in [0.5, 0.6) is 0 Å². The number of hydrogen-bond donors (Lipinski definition) is 2. The summed E-state index contributed by atoms with van der Waals surface area (Å²) in [5.74, 6) is -0.115. The van der Waals surface area contributed by atoms with E-state index in [-0.39, 0.29) is 11.7 Å². The van der Waals surface area contributed by atoms with Crippen molar-refractivity contribution < 1.29 is 15.0 Å². The van der Waals surface area contributed by atoms with Crippen molar-refractivity contribution in [2.24, 2.45) is 11.8 Å². The molecule has 0 rings (SSSR count). The molecular formula is C10H20O3. The largest absolute Gasteiger partial charge is 0.390 e. The predicted octanol–water partition coefficient (Wildman–Crippen LogP) is 0.979. The van der Waals surface area contributed by atoms with Crippen LogP contribution in [-0.4, -0.2) is 28.2 Å². The van der Waals surface area contributed by atoms with Gasteiger partial charge < -0.3 is 10.2 Å². The van der Waals surface area contributed by atoms with Gasteiger partial charge in [-0.2, -0.15) is 0 Å². The van der Waals surface area contributed by atoms with E-state index in [1.165, 1.54) is 6.92 Å². The SMILES string of the molecule is CCC(C)C(C)C(O)C(O)C(C)=O. The van der Waals surface area contributed by atoms with Crippen molar-refractivity contribution in [1.29, 1.82) is 0 Å². The van der Waals surface area contributed by atoms with Crippen molar-refractivity contribution in [2.75, 3.05) is 0 Å². The molecule has 2 N–H and O–H groups in total. The Kier molecular flexibility index (Phi) is 5.18. The maximum absolute atomic E-state index is 10.8. The second-order valence-electron chi connectivity index (χ2n) is 3.79. The smallest absolute Gasteiger partial charge is 0.160 e. The highest BCUT2D eigenvalue weighted by Gasteiger charge is 2.28. The molecule has 13 heavy (non-hydrogen) atoms. The first-order chi connectivity index (χ1) is 5.91. The highest BCUT2D eigenvalue weighted by Crippen LogP contribution is 2.20. The van der Waals surface area contributed by atoms with Gasteiger partial charge in [-0.25, -0.2) is 0 Å². The van der Waals surface area contributed by atoms with E-state index in [9.17, 15) is 15.0 Å². The molecule has 0 aliphatic carbocycles. The Hall–Kier alpha value is -0.410. The Bertz CT molecular complexity index is 168. The van der Waals surface area contributed by atoms with E-state index in [1.807, 2.05) is 20.8 Å². The summed E-state index contributed by atoms with van der Waals surface area (Å²) in [7, 11) is 0. The molecule has 0 radical (unpaired) electrons. The van der Waals surface area contributed by atoms with Gasteiger partial charge in [0.25, 0.3) is 0 Å². The molecule has 0 amide bonds. The maximum Gasteiger partial charge on any atom is 0.160 e. The molecular weight excluding hydrogens is 168 g/mol. The number of ketones is 1. The van der Waals surface area contributed by atoms with E-state index in [4.69, 9.17) is 0 Å². The molecule has 3 nitrogen and oxygen atoms in total. The summed E-state index contributed by atoms with van der Waals surface area (Å²) in [6, 6.07) is 0. The first kappa shape index (κ1) is 12.6. The van der Waals surface area contributed by atoms with E-state index in [2.05, 4.69) is 0 Å². The van der Waals surface area contributed by atoms with Crippen LogP contribution in [0.15, 0.2) is 0 Å². The molecule has 0 bridgehead atoms. The van der Waals surface area contributed by atoms with Crippen molar-refractivity contribution in [3.05, 3.63) is 0 Å². The van der Waals surface area contributed by atoms with Crippen LogP contribution < -0.4 is 0 Å². The number of carbonyl (C=O) groups is 1. The van der Waals surface area contributed by atoms with Gasteiger partial charge in [0.1, 0.15) is 6.10 Å². The minimum absolute atomic E-state index is 0.0519. The van der Waals surface area contributed by atoms with Crippen LogP contribution in [0.4, 0.5) is 0 Å². The van der Waals surface area contributed by atoms with Crippen molar-refractivity contribution >= 4 is 5.78 Å². The summed E-state index contributed by atoms with van der Waals surface area (Å²) >= 11 is 0. The summed E-state index contributed by atoms with van der Waals surface area (Å²) in [5, 5.41) is 18.9. The standard InChI is InChI=1S/C10H20O3/c1-5-6(2)7(3)9(12)10(13)8(4)11/h6-7,9-10,12-13H,5H2,1-4H3. The number of aliphatic hydroxyl groups is 2. The lowest BCUT2D eigenvalue weighted by Crippen LogP contribution is -2.39. The van der Waals surface area contributed by atoms with Crippen LogP contribution in [0.1, 0.15) is 34.1 Å². The quantitative estimate of drug-likeness (QED) is 0.676. The summed E-state index contributed by atoms with van der Waals surface area (Å²) in [4.78, 5) is 10.8. The average molecular weight is 188 g/mol. The third-order valence-electron chi connectivity index (χ3n) is 2.82. The Labute approximate surface area is 79.8 Å². The van der Waals surface area contributed by atoms with Crippen molar-refractivity contribution in [3.8, 4) is 0 Å². The van der Waals surface area contributed by atoms with Crippen molar-refractivity contribution in [3.63, 3.8) is 0 Å². The van der Waals surface area contributed by atoms with Gasteiger partial charge in [-0.15, -0.1) is 0 Å². The molecule has 0 aromatic heterocycles. The fourth-order valence-corrected chi connectivity index (χ4v) is 1.24. The zero-order chi connectivity index (χ0) is 10.6. The maximum atomic E-state index is 10.8. The number of hydrogen-bond acceptors (Lipinski definition) is 3. The molecule has 0 saturated heterocycles. The number of rotatable bonds is 5. The first-order valence-corrected chi connectivity index (χ1v) is 4.78. The van der Waals surface area contributed by atoms with Gasteiger partial charge in [0.15, 0.2) is 5.78 Å². The monoisotopic (exact) mass is 188 g/mol. The Morgan fingerprint density at radius 3 is 2.08 bits per heavy atom. The normalized spacial score (nSPS) is 20.5. The second kappa shape index (κ2) is 5.35. The lowest BCUT2D eigenvalue weighted by molar-refractivity contribution is -0.133. The Balaban J connectivity index is 4.24. The number of aliphatic hydroxyl groups excluding tert-OH is 2. The van der Waals surface area contributed by atoms with Crippen LogP contribution in [-0.2, 0) is 4.79 Å². The van der Waals surface area contributed by atoms with E-state index in [1.54, 1.807) is 0 Å². The van der Waals surface area contributed by atoms with Gasteiger partial charge in [0.2, 0.25) is 0 Å². The lowest BCUT2D eigenvalue weighted by Gasteiger charge is -2.26. The Morgan fingerprint density at radius 2 is 1.77 bits per heavy atom. The van der Waals surface area contributed by atoms with Crippen LogP contribution in [0.2, 0.25) is 0 Å². The molecule has 4 unspecified atom stereocenters. The fourth-order valence-electron chi connectivity index (χ4n) is 1.24. The van der Waals surface area contributed by atoms with Gasteiger partial charge in [-0.1, -0.05) is 27.2 Å². The van der Waals surface area contributed by atoms with Crippen LogP contribution in [0, 0.1) is 11.8 Å². The molecule has 78 valence electrons. The van der Waals surface area contributed by atoms with Gasteiger partial charge in [-0.05, 0) is 18.8 Å². The van der Waals surface area contributed by atoms with Gasteiger partial charge in [-0.3, -0.25) is 4.79 Å². The van der Waals surface area contributed by atoms with Crippen LogP contribution in [0.3, 0.4) is 0 Å². The molecule has 0 aromatic carbocycles. The predicted molar refractivity (Wildman–Crippen MR) is 51.3 cm³/mol. The third-order valence-corrected chi connectivity index (χ3v) is 2.82. The Morgan fingerprint density at radius 1 is 1.31 bits per heavy atom. The highest BCUT2D eigenvalue weighted by atomic mass is 16.3. The van der Waals surface area contributed by atoms with Gasteiger partial charge in [0, 0.05) is 0 Å². The molecule has 0 fully saturated rings. The summed E-state index contributed by atoms with van der Waals surface area (Å²) in [6.07, 6.45) is -1.24. The molecule has 0 aliphatic heterocycles. The van der Waals surface area contributed by atoms with Crippen LogP contribution >= 0.6 is 0 Å². The zero-order valence-corrected chi connectivity index (χ0v) is 8.82. The lowest BCUT2D eigenvalue weighted by atomic mass is 9.85. The van der Waals surface area contributed by atoms with E-state index in [0.29, 0.717) is 5.92 Å².